The molecule has 0 bridgehead atoms. The van der Waals surface area contributed by atoms with Gasteiger partial charge in [0.1, 0.15) is 0 Å². The zero-order valence-electron chi connectivity index (χ0n) is 6.98. The van der Waals surface area contributed by atoms with Gasteiger partial charge in [0.15, 0.2) is 0 Å². The molecular weight excluding hydrogens is 282 g/mol. The van der Waals surface area contributed by atoms with Crippen LogP contribution in [0.15, 0.2) is 37.4 Å². The number of allylic oxidation sites excluding steroid dienone is 8. The molecule has 3 heteroatoms. The molecule has 0 atom stereocenters. The number of halogens is 2. The van der Waals surface area contributed by atoms with Crippen molar-refractivity contribution in [2.75, 3.05) is 0 Å². The Morgan fingerprint density at radius 3 is 1.62 bits per heavy atom. The zero-order chi connectivity index (χ0) is 7.05. The molecular formula is C10H8Cl2Zr. The SMILES string of the molecule is C1=C[C]2=[C](C1)[Zr+2]21[C]2=[C]1CC=C2.[Cl-].[Cl-]. The molecule has 0 radical (unpaired) electrons. The molecule has 0 saturated carbocycles. The van der Waals surface area contributed by atoms with E-state index in [0.717, 1.165) is 0 Å². The third-order valence-corrected chi connectivity index (χ3v) is 15.3. The van der Waals surface area contributed by atoms with Gasteiger partial charge < -0.3 is 24.8 Å². The molecule has 0 aromatic heterocycles. The minimum atomic E-state index is -1.64. The average Bonchev–Trinajstić information content (AvgIpc) is 2.68. The van der Waals surface area contributed by atoms with Crippen molar-refractivity contribution >= 4 is 0 Å². The number of hydrogen-bond donors (Lipinski definition) is 0. The summed E-state index contributed by atoms with van der Waals surface area (Å²) in [7, 11) is 0. The van der Waals surface area contributed by atoms with Crippen LogP contribution in [0.5, 0.6) is 0 Å². The van der Waals surface area contributed by atoms with Crippen molar-refractivity contribution in [1.82, 2.24) is 0 Å². The van der Waals surface area contributed by atoms with Crippen LogP contribution in [0.4, 0.5) is 0 Å². The number of fused-ring (bicyclic) bond motifs is 4. The second-order valence-corrected chi connectivity index (χ2v) is 13.0. The summed E-state index contributed by atoms with van der Waals surface area (Å²) in [6.45, 7) is 0. The first-order chi connectivity index (χ1) is 5.45. The first-order valence-corrected chi connectivity index (χ1v) is 9.18. The van der Waals surface area contributed by atoms with Crippen molar-refractivity contribution in [1.29, 1.82) is 0 Å². The monoisotopic (exact) mass is 288 g/mol. The van der Waals surface area contributed by atoms with E-state index in [2.05, 4.69) is 24.3 Å². The Kier molecular flexibility index (Phi) is 2.08. The molecule has 0 saturated heterocycles. The molecule has 0 fully saturated rings. The van der Waals surface area contributed by atoms with Gasteiger partial charge >= 0.3 is 70.5 Å². The maximum atomic E-state index is 2.41. The van der Waals surface area contributed by atoms with Crippen molar-refractivity contribution in [2.45, 2.75) is 12.8 Å². The van der Waals surface area contributed by atoms with Crippen LogP contribution in [-0.4, -0.2) is 0 Å². The maximum Gasteiger partial charge on any atom is -1.00 e. The molecule has 1 spiro atoms. The molecule has 66 valence electrons. The Balaban J connectivity index is 0.000000327. The van der Waals surface area contributed by atoms with Gasteiger partial charge in [0.25, 0.3) is 0 Å². The van der Waals surface area contributed by atoms with Gasteiger partial charge in [-0.15, -0.1) is 0 Å². The molecule has 2 aliphatic carbocycles. The third kappa shape index (κ3) is 0.826. The molecule has 0 aromatic rings. The second-order valence-electron chi connectivity index (χ2n) is 3.75. The summed E-state index contributed by atoms with van der Waals surface area (Å²) >= 11 is -1.64. The van der Waals surface area contributed by atoms with E-state index < -0.39 is 20.3 Å². The van der Waals surface area contributed by atoms with Gasteiger partial charge in [-0.1, -0.05) is 0 Å². The molecule has 2 aliphatic heterocycles. The second kappa shape index (κ2) is 2.72. The maximum absolute atomic E-state index is 2.41. The first-order valence-electron chi connectivity index (χ1n) is 4.27. The molecule has 0 aromatic carbocycles. The van der Waals surface area contributed by atoms with Crippen LogP contribution < -0.4 is 24.8 Å². The van der Waals surface area contributed by atoms with E-state index in [1.807, 2.05) is 13.1 Å². The number of rotatable bonds is 0. The molecule has 2 heterocycles. The summed E-state index contributed by atoms with van der Waals surface area (Å²) in [5.41, 5.74) is 0. The predicted octanol–water partition coefficient (Wildman–Crippen LogP) is -3.48. The van der Waals surface area contributed by atoms with Crippen LogP contribution in [0.25, 0.3) is 0 Å². The molecule has 0 amide bonds. The molecule has 0 unspecified atom stereocenters. The van der Waals surface area contributed by atoms with Crippen molar-refractivity contribution in [2.24, 2.45) is 0 Å². The molecule has 4 aliphatic rings. The molecule has 4 rings (SSSR count). The molecule has 13 heavy (non-hydrogen) atoms. The Hall–Kier alpha value is 0.423. The van der Waals surface area contributed by atoms with Gasteiger partial charge in [0.05, 0.1) is 0 Å². The predicted molar refractivity (Wildman–Crippen MR) is 41.6 cm³/mol. The molecule has 0 N–H and O–H groups in total. The Morgan fingerprint density at radius 1 is 0.846 bits per heavy atom. The summed E-state index contributed by atoms with van der Waals surface area (Å²) in [5.74, 6) is 0. The van der Waals surface area contributed by atoms with Crippen LogP contribution >= 0.6 is 0 Å². The fourth-order valence-corrected chi connectivity index (χ4v) is 18.1. The summed E-state index contributed by atoms with van der Waals surface area (Å²) in [4.78, 5) is 0. The van der Waals surface area contributed by atoms with Crippen LogP contribution in [0.1, 0.15) is 12.8 Å². The van der Waals surface area contributed by atoms with Gasteiger partial charge in [0, 0.05) is 0 Å². The largest absolute Gasteiger partial charge is 1.00 e. The van der Waals surface area contributed by atoms with E-state index in [9.17, 15) is 0 Å². The van der Waals surface area contributed by atoms with Crippen molar-refractivity contribution in [3.63, 3.8) is 0 Å². The number of hydrogen-bond acceptors (Lipinski definition) is 0. The fourth-order valence-electron chi connectivity index (χ4n) is 2.93. The third-order valence-electron chi connectivity index (χ3n) is 3.45. The molecule has 0 nitrogen and oxygen atoms in total. The van der Waals surface area contributed by atoms with Crippen LogP contribution in [0.2, 0.25) is 0 Å². The van der Waals surface area contributed by atoms with E-state index in [4.69, 9.17) is 0 Å². The standard InChI is InChI=1S/2C5H4.2ClH.Zr/c2*1-2-4-5-3-1;;;/h2*1-2H,3H2;2*1H;/q;;;;+2/p-2. The fraction of sp³-hybridized carbons (Fsp3) is 0.200. The van der Waals surface area contributed by atoms with E-state index in [-0.39, 0.29) is 24.8 Å². The quantitative estimate of drug-likeness (QED) is 0.435. The van der Waals surface area contributed by atoms with E-state index in [1.165, 1.54) is 12.8 Å². The van der Waals surface area contributed by atoms with Crippen LogP contribution in [-0.2, 0) is 20.3 Å². The van der Waals surface area contributed by atoms with Crippen molar-refractivity contribution < 1.29 is 45.1 Å². The van der Waals surface area contributed by atoms with Gasteiger partial charge in [-0.3, -0.25) is 0 Å². The minimum Gasteiger partial charge on any atom is -1.00 e. The Labute approximate surface area is 94.7 Å². The van der Waals surface area contributed by atoms with E-state index in [0.29, 0.717) is 0 Å². The smallest absolute Gasteiger partial charge is 1.00 e. The van der Waals surface area contributed by atoms with Crippen LogP contribution in [0.3, 0.4) is 0 Å². The van der Waals surface area contributed by atoms with Crippen molar-refractivity contribution in [3.05, 3.63) is 37.4 Å². The zero-order valence-corrected chi connectivity index (χ0v) is 10.9. The van der Waals surface area contributed by atoms with Gasteiger partial charge in [-0.2, -0.15) is 0 Å². The minimum absolute atomic E-state index is 0. The van der Waals surface area contributed by atoms with E-state index in [1.54, 1.807) is 0 Å². The topological polar surface area (TPSA) is 0 Å². The van der Waals surface area contributed by atoms with Crippen LogP contribution in [0, 0.1) is 0 Å². The van der Waals surface area contributed by atoms with Gasteiger partial charge in [0.2, 0.25) is 0 Å². The average molecular weight is 290 g/mol. The first kappa shape index (κ1) is 9.96. The Morgan fingerprint density at radius 2 is 1.31 bits per heavy atom. The van der Waals surface area contributed by atoms with Gasteiger partial charge in [-0.25, -0.2) is 0 Å². The summed E-state index contributed by atoms with van der Waals surface area (Å²) in [6.07, 6.45) is 12.2. The Bertz CT molecular complexity index is 373. The summed E-state index contributed by atoms with van der Waals surface area (Å²) < 4.78 is 7.56. The van der Waals surface area contributed by atoms with Crippen molar-refractivity contribution in [3.8, 4) is 0 Å². The van der Waals surface area contributed by atoms with E-state index >= 15 is 0 Å². The summed E-state index contributed by atoms with van der Waals surface area (Å²) in [5, 5.41) is 0. The normalized spacial score (nSPS) is 24.6. The van der Waals surface area contributed by atoms with Gasteiger partial charge in [-0.05, 0) is 0 Å². The summed E-state index contributed by atoms with van der Waals surface area (Å²) in [6, 6.07) is 0.